The van der Waals surface area contributed by atoms with Crippen molar-refractivity contribution in [2.45, 2.75) is 6.42 Å². The van der Waals surface area contributed by atoms with Crippen molar-refractivity contribution in [3.05, 3.63) is 20.6 Å². The van der Waals surface area contributed by atoms with Gasteiger partial charge in [0.25, 0.3) is 0 Å². The molecule has 0 heterocycles. The summed E-state index contributed by atoms with van der Waals surface area (Å²) >= 11 is 1.41. The van der Waals surface area contributed by atoms with Gasteiger partial charge in [-0.3, -0.25) is 0 Å². The van der Waals surface area contributed by atoms with E-state index in [1.165, 1.54) is 28.0 Å². The Hall–Kier alpha value is 1.04. The average molecular weight is 347 g/mol. The van der Waals surface area contributed by atoms with Crippen LogP contribution in [0.5, 0.6) is 0 Å². The van der Waals surface area contributed by atoms with Gasteiger partial charge in [0.2, 0.25) is 0 Å². The Kier molecular flexibility index (Phi) is 10.0. The first-order valence-electron chi connectivity index (χ1n) is 3.97. The van der Waals surface area contributed by atoms with Gasteiger partial charge in [0, 0.05) is 0 Å². The summed E-state index contributed by atoms with van der Waals surface area (Å²) < 4.78 is 17.5. The van der Waals surface area contributed by atoms with Gasteiger partial charge in [0.05, 0.1) is 0 Å². The molecule has 0 unspecified atom stereocenters. The van der Waals surface area contributed by atoms with Crippen LogP contribution < -0.4 is 24.8 Å². The van der Waals surface area contributed by atoms with Crippen LogP contribution in [-0.4, -0.2) is 30.1 Å². The van der Waals surface area contributed by atoms with Gasteiger partial charge >= 0.3 is 95.2 Å². The van der Waals surface area contributed by atoms with E-state index in [0.717, 1.165) is 11.6 Å². The minimum Gasteiger partial charge on any atom is -1.00 e. The summed E-state index contributed by atoms with van der Waals surface area (Å²) in [7, 11) is 2.39. The average Bonchev–Trinajstić information content (AvgIpc) is 2.57. The summed E-state index contributed by atoms with van der Waals surface area (Å²) in [5, 5.41) is 1.14. The van der Waals surface area contributed by atoms with Crippen molar-refractivity contribution in [1.29, 1.82) is 0 Å². The van der Waals surface area contributed by atoms with Crippen molar-refractivity contribution >= 4 is 8.80 Å². The molecule has 1 aliphatic carbocycles. The van der Waals surface area contributed by atoms with E-state index in [2.05, 4.69) is 12.2 Å². The van der Waals surface area contributed by atoms with Crippen LogP contribution in [0.15, 0.2) is 20.6 Å². The maximum absolute atomic E-state index is 5.39. The quantitative estimate of drug-likeness (QED) is 0.478. The van der Waals surface area contributed by atoms with Crippen LogP contribution in [-0.2, 0) is 38.0 Å². The third-order valence-corrected chi connectivity index (χ3v) is 6.59. The molecule has 0 atom stereocenters. The molecule has 1 aliphatic rings. The normalized spacial score (nSPS) is 15.0. The largest absolute Gasteiger partial charge is 1.00 e. The first-order valence-corrected chi connectivity index (χ1v) is 6.92. The van der Waals surface area contributed by atoms with Crippen molar-refractivity contribution in [2.24, 2.45) is 0 Å². The smallest absolute Gasteiger partial charge is 1.00 e. The Morgan fingerprint density at radius 1 is 1.13 bits per heavy atom. The molecule has 0 fully saturated rings. The van der Waals surface area contributed by atoms with Gasteiger partial charge in [0.1, 0.15) is 0 Å². The summed E-state index contributed by atoms with van der Waals surface area (Å²) in [6.45, 7) is 0. The van der Waals surface area contributed by atoms with Crippen LogP contribution in [0.25, 0.3) is 0 Å². The fraction of sp³-hybridized carbons (Fsp3) is 0.500. The Bertz CT molecular complexity index is 246. The molecule has 85 valence electrons. The number of hydrogen-bond donors (Lipinski definition) is 0. The number of halogens is 2. The Labute approximate surface area is 119 Å². The van der Waals surface area contributed by atoms with Crippen LogP contribution in [0.4, 0.5) is 0 Å². The molecule has 0 N–H and O–H groups in total. The van der Waals surface area contributed by atoms with E-state index in [9.17, 15) is 0 Å². The first-order chi connectivity index (χ1) is 6.20. The zero-order valence-electron chi connectivity index (χ0n) is 8.84. The number of hydrogen-bond acceptors (Lipinski definition) is 3. The monoisotopic (exact) mass is 345 g/mol. The summed E-state index contributed by atoms with van der Waals surface area (Å²) in [5.74, 6) is 0. The Morgan fingerprint density at radius 2 is 1.60 bits per heavy atom. The van der Waals surface area contributed by atoms with Crippen LogP contribution >= 0.6 is 0 Å². The Morgan fingerprint density at radius 3 is 1.87 bits per heavy atom. The zero-order chi connectivity index (χ0) is 9.90. The molecule has 0 spiro atoms. The van der Waals surface area contributed by atoms with Gasteiger partial charge in [-0.05, 0) is 0 Å². The standard InChI is InChI=1S/C8H13O3Si.2ClH.Zr/c1-9-12(10-2,11-3)8-6-4-5-7-8;;;/h4,6H,5H2,1-3H3;2*1H;/q;;;+2/p-2. The molecule has 0 aromatic heterocycles. The second-order valence-electron chi connectivity index (χ2n) is 2.67. The summed E-state index contributed by atoms with van der Waals surface area (Å²) in [6.07, 6.45) is 5.20. The van der Waals surface area contributed by atoms with Crippen LogP contribution in [0, 0.1) is 0 Å². The van der Waals surface area contributed by atoms with Crippen LogP contribution in [0.3, 0.4) is 0 Å². The van der Waals surface area contributed by atoms with Gasteiger partial charge < -0.3 is 24.8 Å². The minimum atomic E-state index is -2.53. The molecule has 0 saturated heterocycles. The predicted molar refractivity (Wildman–Crippen MR) is 47.6 cm³/mol. The number of allylic oxidation sites excluding steroid dienone is 4. The molecule has 7 heteroatoms. The van der Waals surface area contributed by atoms with E-state index in [0.29, 0.717) is 0 Å². The number of rotatable bonds is 4. The van der Waals surface area contributed by atoms with Gasteiger partial charge in [-0.25, -0.2) is 0 Å². The van der Waals surface area contributed by atoms with Gasteiger partial charge in [0.15, 0.2) is 0 Å². The van der Waals surface area contributed by atoms with Crippen LogP contribution in [0.2, 0.25) is 0 Å². The third-order valence-electron chi connectivity index (χ3n) is 2.07. The van der Waals surface area contributed by atoms with Crippen molar-refractivity contribution in [1.82, 2.24) is 0 Å². The molecule has 0 saturated carbocycles. The van der Waals surface area contributed by atoms with E-state index >= 15 is 0 Å². The third kappa shape index (κ3) is 3.77. The molecular formula is C8H13Cl2O3SiZr. The topological polar surface area (TPSA) is 27.7 Å². The summed E-state index contributed by atoms with van der Waals surface area (Å²) in [4.78, 5) is 0. The molecule has 0 aromatic carbocycles. The maximum atomic E-state index is 5.39. The fourth-order valence-electron chi connectivity index (χ4n) is 1.37. The van der Waals surface area contributed by atoms with Crippen LogP contribution in [0.1, 0.15) is 6.42 Å². The molecule has 0 radical (unpaired) electrons. The van der Waals surface area contributed by atoms with E-state index in [4.69, 9.17) is 13.3 Å². The van der Waals surface area contributed by atoms with Crippen molar-refractivity contribution in [2.75, 3.05) is 21.3 Å². The predicted octanol–water partition coefficient (Wildman–Crippen LogP) is -4.83. The molecule has 0 aliphatic heterocycles. The molecule has 0 bridgehead atoms. The first kappa shape index (κ1) is 18.4. The zero-order valence-corrected chi connectivity index (χ0v) is 13.8. The van der Waals surface area contributed by atoms with Crippen molar-refractivity contribution < 1.29 is 62.8 Å². The summed E-state index contributed by atoms with van der Waals surface area (Å²) in [6, 6.07) is 0. The van der Waals surface area contributed by atoms with E-state index in [1.807, 2.05) is 0 Å². The molecule has 0 amide bonds. The van der Waals surface area contributed by atoms with Crippen molar-refractivity contribution in [3.63, 3.8) is 0 Å². The van der Waals surface area contributed by atoms with E-state index in [-0.39, 0.29) is 24.8 Å². The molecular weight excluding hydrogens is 334 g/mol. The second-order valence-corrected chi connectivity index (χ2v) is 7.03. The molecule has 15 heavy (non-hydrogen) atoms. The van der Waals surface area contributed by atoms with Gasteiger partial charge in [-0.2, -0.15) is 0 Å². The minimum absolute atomic E-state index is 0. The van der Waals surface area contributed by atoms with E-state index in [1.54, 1.807) is 21.3 Å². The summed E-state index contributed by atoms with van der Waals surface area (Å²) in [5.41, 5.74) is 0. The molecule has 0 aromatic rings. The van der Waals surface area contributed by atoms with E-state index < -0.39 is 8.80 Å². The fourth-order valence-corrected chi connectivity index (χ4v) is 4.95. The van der Waals surface area contributed by atoms with Crippen molar-refractivity contribution in [3.8, 4) is 0 Å². The maximum Gasteiger partial charge on any atom is -1.00 e. The SMILES string of the molecule is CO[Si](OC)(OC)C1=[C]([Zr+2])CC=C1.[Cl-].[Cl-]. The second kappa shape index (κ2) is 8.18. The Balaban J connectivity index is 0. The van der Waals surface area contributed by atoms with Gasteiger partial charge in [-0.1, -0.05) is 0 Å². The molecule has 1 rings (SSSR count). The van der Waals surface area contributed by atoms with Gasteiger partial charge in [-0.15, -0.1) is 0 Å². The molecule has 3 nitrogen and oxygen atoms in total.